The number of halogens is 1. The lowest BCUT2D eigenvalue weighted by molar-refractivity contribution is 0.0689. The third-order valence-corrected chi connectivity index (χ3v) is 1.88. The summed E-state index contributed by atoms with van der Waals surface area (Å²) < 4.78 is 0.143. The summed E-state index contributed by atoms with van der Waals surface area (Å²) >= 11 is 2.93. The molecule has 7 heteroatoms. The van der Waals surface area contributed by atoms with E-state index >= 15 is 0 Å². The predicted molar refractivity (Wildman–Crippen MR) is 45.5 cm³/mol. The summed E-state index contributed by atoms with van der Waals surface area (Å²) in [7, 11) is 0. The normalized spacial score (nSPS) is 9.75. The minimum Gasteiger partial charge on any atom is -0.476 e. The van der Waals surface area contributed by atoms with Gasteiger partial charge in [-0.15, -0.1) is 0 Å². The summed E-state index contributed by atoms with van der Waals surface area (Å²) in [5.74, 6) is -1.35. The average Bonchev–Trinajstić information content (AvgIpc) is 1.96. The van der Waals surface area contributed by atoms with Gasteiger partial charge in [0.15, 0.2) is 5.69 Å². The van der Waals surface area contributed by atoms with Gasteiger partial charge in [0.05, 0.1) is 4.47 Å². The summed E-state index contributed by atoms with van der Waals surface area (Å²) in [4.78, 5) is 17.5. The number of hydrogen-bond donors (Lipinski definition) is 3. The van der Waals surface area contributed by atoms with Crippen LogP contribution in [0.5, 0.6) is 0 Å². The molecule has 12 heavy (non-hydrogen) atoms. The van der Waals surface area contributed by atoms with Gasteiger partial charge in [0, 0.05) is 0 Å². The van der Waals surface area contributed by atoms with Gasteiger partial charge in [-0.25, -0.2) is 9.78 Å². The van der Waals surface area contributed by atoms with E-state index in [0.29, 0.717) is 0 Å². The Bertz CT molecular complexity index is 340. The molecule has 1 heterocycles. The third-order valence-electron chi connectivity index (χ3n) is 1.10. The number of nitrogens with two attached hydrogens (primary N) is 2. The quantitative estimate of drug-likeness (QED) is 0.633. The van der Waals surface area contributed by atoms with E-state index in [1.165, 1.54) is 0 Å². The molecular weight excluding hydrogens is 228 g/mol. The summed E-state index contributed by atoms with van der Waals surface area (Å²) in [6.07, 6.45) is 0. The van der Waals surface area contributed by atoms with Crippen LogP contribution >= 0.6 is 15.9 Å². The number of anilines is 2. The van der Waals surface area contributed by atoms with E-state index in [9.17, 15) is 4.79 Å². The Kier molecular flexibility index (Phi) is 2.13. The second kappa shape index (κ2) is 2.94. The van der Waals surface area contributed by atoms with Gasteiger partial charge < -0.3 is 16.6 Å². The Morgan fingerprint density at radius 2 is 2.00 bits per heavy atom. The SMILES string of the molecule is Nc1nc(N)c(Br)c(C(=O)O)n1. The summed E-state index contributed by atoms with van der Waals surface area (Å²) in [6.45, 7) is 0. The van der Waals surface area contributed by atoms with E-state index in [4.69, 9.17) is 16.6 Å². The number of carbonyl (C=O) groups is 1. The molecule has 0 aliphatic heterocycles. The molecule has 0 amide bonds. The summed E-state index contributed by atoms with van der Waals surface area (Å²) in [6, 6.07) is 0. The molecule has 0 atom stereocenters. The standard InChI is InChI=1S/C5H5BrN4O2/c6-1-2(4(11)12)9-5(8)10-3(1)7/h(H,11,12)(H4,7,8,9,10). The maximum absolute atomic E-state index is 10.5. The van der Waals surface area contributed by atoms with Crippen LogP contribution in [0.3, 0.4) is 0 Å². The van der Waals surface area contributed by atoms with E-state index in [0.717, 1.165) is 0 Å². The zero-order valence-corrected chi connectivity index (χ0v) is 7.37. The van der Waals surface area contributed by atoms with Gasteiger partial charge in [-0.3, -0.25) is 0 Å². The first-order valence-electron chi connectivity index (χ1n) is 2.84. The van der Waals surface area contributed by atoms with Crippen LogP contribution in [0.4, 0.5) is 11.8 Å². The van der Waals surface area contributed by atoms with Gasteiger partial charge in [0.2, 0.25) is 5.95 Å². The average molecular weight is 233 g/mol. The molecular formula is C5H5BrN4O2. The zero-order chi connectivity index (χ0) is 9.30. The molecule has 0 aromatic carbocycles. The van der Waals surface area contributed by atoms with Gasteiger partial charge in [0.1, 0.15) is 5.82 Å². The molecule has 0 aliphatic rings. The van der Waals surface area contributed by atoms with Crippen LogP contribution in [-0.4, -0.2) is 21.0 Å². The molecule has 64 valence electrons. The Balaban J connectivity index is 3.37. The van der Waals surface area contributed by atoms with Crippen molar-refractivity contribution in [1.29, 1.82) is 0 Å². The Morgan fingerprint density at radius 1 is 1.42 bits per heavy atom. The highest BCUT2D eigenvalue weighted by molar-refractivity contribution is 9.10. The van der Waals surface area contributed by atoms with Crippen LogP contribution in [0, 0.1) is 0 Å². The second-order valence-corrected chi connectivity index (χ2v) is 2.73. The van der Waals surface area contributed by atoms with E-state index in [1.807, 2.05) is 0 Å². The lowest BCUT2D eigenvalue weighted by Gasteiger charge is -2.01. The number of aromatic nitrogens is 2. The highest BCUT2D eigenvalue weighted by atomic mass is 79.9. The molecule has 0 saturated carbocycles. The first-order valence-corrected chi connectivity index (χ1v) is 3.63. The monoisotopic (exact) mass is 232 g/mol. The predicted octanol–water partition coefficient (Wildman–Crippen LogP) is 0.102. The molecule has 0 radical (unpaired) electrons. The smallest absolute Gasteiger partial charge is 0.355 e. The van der Waals surface area contributed by atoms with Gasteiger partial charge in [-0.2, -0.15) is 4.98 Å². The maximum Gasteiger partial charge on any atom is 0.355 e. The van der Waals surface area contributed by atoms with E-state index < -0.39 is 5.97 Å². The van der Waals surface area contributed by atoms with Gasteiger partial charge >= 0.3 is 5.97 Å². The number of aromatic carboxylic acids is 1. The van der Waals surface area contributed by atoms with Crippen LogP contribution in [-0.2, 0) is 0 Å². The molecule has 5 N–H and O–H groups in total. The van der Waals surface area contributed by atoms with Crippen molar-refractivity contribution < 1.29 is 9.90 Å². The van der Waals surface area contributed by atoms with Crippen molar-refractivity contribution in [3.63, 3.8) is 0 Å². The van der Waals surface area contributed by atoms with Crippen LogP contribution in [0.2, 0.25) is 0 Å². The van der Waals surface area contributed by atoms with Crippen LogP contribution < -0.4 is 11.5 Å². The van der Waals surface area contributed by atoms with Gasteiger partial charge in [0.25, 0.3) is 0 Å². The zero-order valence-electron chi connectivity index (χ0n) is 5.78. The molecule has 0 unspecified atom stereocenters. The van der Waals surface area contributed by atoms with Crippen molar-refractivity contribution in [2.24, 2.45) is 0 Å². The molecule has 0 aliphatic carbocycles. The first-order chi connectivity index (χ1) is 5.52. The van der Waals surface area contributed by atoms with Crippen molar-refractivity contribution in [3.8, 4) is 0 Å². The van der Waals surface area contributed by atoms with Crippen molar-refractivity contribution >= 4 is 33.7 Å². The Labute approximate surface area is 75.7 Å². The van der Waals surface area contributed by atoms with Crippen LogP contribution in [0.15, 0.2) is 4.47 Å². The minimum atomic E-state index is -1.21. The van der Waals surface area contributed by atoms with Crippen molar-refractivity contribution in [2.45, 2.75) is 0 Å². The van der Waals surface area contributed by atoms with Gasteiger partial charge in [-0.05, 0) is 15.9 Å². The molecule has 0 saturated heterocycles. The highest BCUT2D eigenvalue weighted by Crippen LogP contribution is 2.21. The van der Waals surface area contributed by atoms with E-state index in [2.05, 4.69) is 25.9 Å². The largest absolute Gasteiger partial charge is 0.476 e. The van der Waals surface area contributed by atoms with Crippen molar-refractivity contribution in [1.82, 2.24) is 9.97 Å². The number of nitrogens with zero attached hydrogens (tertiary/aromatic N) is 2. The fourth-order valence-corrected chi connectivity index (χ4v) is 0.971. The molecule has 1 aromatic rings. The molecule has 1 rings (SSSR count). The van der Waals surface area contributed by atoms with Gasteiger partial charge in [-0.1, -0.05) is 0 Å². The Morgan fingerprint density at radius 3 is 2.50 bits per heavy atom. The van der Waals surface area contributed by atoms with Crippen molar-refractivity contribution in [3.05, 3.63) is 10.2 Å². The number of nitrogen functional groups attached to an aromatic ring is 2. The summed E-state index contributed by atoms with van der Waals surface area (Å²) in [5.41, 5.74) is 10.3. The number of carboxylic acid groups (broad SMARTS) is 1. The molecule has 0 spiro atoms. The lowest BCUT2D eigenvalue weighted by atomic mass is 10.4. The molecule has 1 aromatic heterocycles. The second-order valence-electron chi connectivity index (χ2n) is 1.93. The topological polar surface area (TPSA) is 115 Å². The van der Waals surface area contributed by atoms with Crippen LogP contribution in [0.25, 0.3) is 0 Å². The van der Waals surface area contributed by atoms with E-state index in [-0.39, 0.29) is 21.9 Å². The number of carboxylic acids is 1. The van der Waals surface area contributed by atoms with E-state index in [1.54, 1.807) is 0 Å². The number of rotatable bonds is 1. The molecule has 6 nitrogen and oxygen atoms in total. The summed E-state index contributed by atoms with van der Waals surface area (Å²) in [5, 5.41) is 8.58. The molecule has 0 fully saturated rings. The fourth-order valence-electron chi connectivity index (χ4n) is 0.624. The van der Waals surface area contributed by atoms with Crippen LogP contribution in [0.1, 0.15) is 10.5 Å². The minimum absolute atomic E-state index is 0.0138. The maximum atomic E-state index is 10.5. The number of hydrogen-bond acceptors (Lipinski definition) is 5. The van der Waals surface area contributed by atoms with Crippen molar-refractivity contribution in [2.75, 3.05) is 11.5 Å². The third kappa shape index (κ3) is 1.45. The molecule has 0 bridgehead atoms. The fraction of sp³-hybridized carbons (Fsp3) is 0. The highest BCUT2D eigenvalue weighted by Gasteiger charge is 2.14. The Hall–Kier alpha value is -1.37. The lowest BCUT2D eigenvalue weighted by Crippen LogP contribution is -2.09. The first kappa shape index (κ1) is 8.72.